The van der Waals surface area contributed by atoms with Gasteiger partial charge in [0.2, 0.25) is 0 Å². The summed E-state index contributed by atoms with van der Waals surface area (Å²) in [5.74, 6) is -0.829. The van der Waals surface area contributed by atoms with Crippen LogP contribution in [0.4, 0.5) is 13.2 Å². The number of benzene rings is 2. The lowest BCUT2D eigenvalue weighted by Crippen LogP contribution is -2.30. The number of carbonyl (C=O) groups is 1. The molecule has 0 aliphatic heterocycles. The third-order valence-corrected chi connectivity index (χ3v) is 3.21. The average Bonchev–Trinajstić information content (AvgIpc) is 2.52. The van der Waals surface area contributed by atoms with Gasteiger partial charge in [0.25, 0.3) is 5.91 Å². The lowest BCUT2D eigenvalue weighted by Gasteiger charge is -2.12. The smallest absolute Gasteiger partial charge is 0.423 e. The van der Waals surface area contributed by atoms with Crippen LogP contribution in [0.1, 0.15) is 21.5 Å². The van der Waals surface area contributed by atoms with Crippen LogP contribution in [0.5, 0.6) is 0 Å². The molecule has 8 heteroatoms. The van der Waals surface area contributed by atoms with E-state index in [0.29, 0.717) is 5.56 Å². The number of nitrogens with one attached hydrogen (secondary N) is 1. The minimum absolute atomic E-state index is 0.0207. The van der Waals surface area contributed by atoms with Gasteiger partial charge in [0.15, 0.2) is 0 Å². The van der Waals surface area contributed by atoms with Gasteiger partial charge in [-0.05, 0) is 23.2 Å². The number of alkyl halides is 3. The van der Waals surface area contributed by atoms with E-state index in [0.717, 1.165) is 12.1 Å². The Hall–Kier alpha value is -2.32. The van der Waals surface area contributed by atoms with Gasteiger partial charge in [0, 0.05) is 6.54 Å². The Bertz CT molecular complexity index is 687. The van der Waals surface area contributed by atoms with E-state index in [2.05, 4.69) is 5.32 Å². The van der Waals surface area contributed by atoms with E-state index in [-0.39, 0.29) is 12.0 Å². The van der Waals surface area contributed by atoms with Crippen LogP contribution in [0.3, 0.4) is 0 Å². The fourth-order valence-electron chi connectivity index (χ4n) is 2.01. The maximum atomic E-state index is 12.9. The van der Waals surface area contributed by atoms with Crippen molar-refractivity contribution in [3.05, 3.63) is 65.2 Å². The molecule has 0 fully saturated rings. The molecule has 0 unspecified atom stereocenters. The average molecular weight is 323 g/mol. The molecule has 1 amide bonds. The summed E-state index contributed by atoms with van der Waals surface area (Å²) in [4.78, 5) is 12.0. The minimum Gasteiger partial charge on any atom is -0.423 e. The predicted octanol–water partition coefficient (Wildman–Crippen LogP) is 1.32. The third kappa shape index (κ3) is 4.34. The Kier molecular flexibility index (Phi) is 5.07. The first kappa shape index (κ1) is 17.0. The molecule has 0 radical (unpaired) electrons. The number of carbonyl (C=O) groups excluding carboxylic acids is 1. The number of amides is 1. The van der Waals surface area contributed by atoms with Crippen LogP contribution in [0.15, 0.2) is 48.5 Å². The van der Waals surface area contributed by atoms with E-state index in [4.69, 9.17) is 10.0 Å². The van der Waals surface area contributed by atoms with Gasteiger partial charge in [-0.2, -0.15) is 13.2 Å². The van der Waals surface area contributed by atoms with Crippen molar-refractivity contribution in [1.29, 1.82) is 0 Å². The first-order chi connectivity index (χ1) is 10.8. The van der Waals surface area contributed by atoms with Gasteiger partial charge in [0.05, 0.1) is 11.1 Å². The second kappa shape index (κ2) is 6.85. The highest BCUT2D eigenvalue weighted by molar-refractivity contribution is 6.58. The largest absolute Gasteiger partial charge is 0.488 e. The van der Waals surface area contributed by atoms with Crippen LogP contribution < -0.4 is 10.8 Å². The lowest BCUT2D eigenvalue weighted by atomic mass is 9.80. The fourth-order valence-corrected chi connectivity index (χ4v) is 2.01. The minimum atomic E-state index is -4.60. The molecule has 2 aromatic carbocycles. The van der Waals surface area contributed by atoms with Gasteiger partial charge in [-0.15, -0.1) is 0 Å². The standard InChI is InChI=1S/C15H13BF3NO3/c17-15(18,19)13-4-2-1-3-12(13)14(21)20-9-10-5-7-11(8-6-10)16(22)23/h1-8,22-23H,9H2,(H,20,21). The van der Waals surface area contributed by atoms with Crippen LogP contribution in [0, 0.1) is 0 Å². The molecule has 0 heterocycles. The summed E-state index contributed by atoms with van der Waals surface area (Å²) in [7, 11) is -1.60. The molecule has 2 rings (SSSR count). The van der Waals surface area contributed by atoms with E-state index >= 15 is 0 Å². The second-order valence-corrected chi connectivity index (χ2v) is 4.84. The van der Waals surface area contributed by atoms with Crippen molar-refractivity contribution in [2.45, 2.75) is 12.7 Å². The molecular weight excluding hydrogens is 310 g/mol. The van der Waals surface area contributed by atoms with E-state index < -0.39 is 30.3 Å². The first-order valence-corrected chi connectivity index (χ1v) is 6.68. The quantitative estimate of drug-likeness (QED) is 0.743. The predicted molar refractivity (Wildman–Crippen MR) is 78.9 cm³/mol. The molecule has 23 heavy (non-hydrogen) atoms. The van der Waals surface area contributed by atoms with Crippen molar-refractivity contribution in [3.63, 3.8) is 0 Å². The first-order valence-electron chi connectivity index (χ1n) is 6.68. The van der Waals surface area contributed by atoms with E-state index in [1.165, 1.54) is 24.3 Å². The van der Waals surface area contributed by atoms with E-state index in [1.807, 2.05) is 0 Å². The fraction of sp³-hybridized carbons (Fsp3) is 0.133. The molecule has 0 saturated heterocycles. The third-order valence-electron chi connectivity index (χ3n) is 3.21. The van der Waals surface area contributed by atoms with Crippen LogP contribution >= 0.6 is 0 Å². The Labute approximate surface area is 130 Å². The molecule has 0 saturated carbocycles. The maximum Gasteiger partial charge on any atom is 0.488 e. The zero-order valence-electron chi connectivity index (χ0n) is 11.8. The van der Waals surface area contributed by atoms with Gasteiger partial charge in [-0.3, -0.25) is 4.79 Å². The SMILES string of the molecule is O=C(NCc1ccc(B(O)O)cc1)c1ccccc1C(F)(F)F. The van der Waals surface area contributed by atoms with Crippen molar-refractivity contribution in [2.75, 3.05) is 0 Å². The monoisotopic (exact) mass is 323 g/mol. The summed E-state index contributed by atoms with van der Waals surface area (Å²) < 4.78 is 38.6. The van der Waals surface area contributed by atoms with Crippen molar-refractivity contribution >= 4 is 18.5 Å². The van der Waals surface area contributed by atoms with Crippen molar-refractivity contribution in [1.82, 2.24) is 5.32 Å². The van der Waals surface area contributed by atoms with E-state index in [9.17, 15) is 18.0 Å². The lowest BCUT2D eigenvalue weighted by molar-refractivity contribution is -0.137. The van der Waals surface area contributed by atoms with Gasteiger partial charge in [-0.25, -0.2) is 0 Å². The van der Waals surface area contributed by atoms with Gasteiger partial charge >= 0.3 is 13.3 Å². The number of hydrogen-bond acceptors (Lipinski definition) is 3. The Morgan fingerprint density at radius 3 is 2.22 bits per heavy atom. The van der Waals surface area contributed by atoms with Crippen LogP contribution in [-0.4, -0.2) is 23.1 Å². The molecule has 0 spiro atoms. The van der Waals surface area contributed by atoms with Crippen molar-refractivity contribution < 1.29 is 28.0 Å². The summed E-state index contributed by atoms with van der Waals surface area (Å²) in [5, 5.41) is 20.3. The summed E-state index contributed by atoms with van der Waals surface area (Å²) in [6, 6.07) is 10.6. The molecule has 2 aromatic rings. The summed E-state index contributed by atoms with van der Waals surface area (Å²) in [6.07, 6.45) is -4.60. The van der Waals surface area contributed by atoms with E-state index in [1.54, 1.807) is 12.1 Å². The summed E-state index contributed by atoms with van der Waals surface area (Å²) in [6.45, 7) is 0.0207. The van der Waals surface area contributed by atoms with Crippen LogP contribution in [0.25, 0.3) is 0 Å². The summed E-state index contributed by atoms with van der Waals surface area (Å²) in [5.41, 5.74) is -0.534. The Balaban J connectivity index is 2.08. The molecule has 0 bridgehead atoms. The zero-order valence-corrected chi connectivity index (χ0v) is 11.8. The molecule has 0 aliphatic carbocycles. The van der Waals surface area contributed by atoms with Crippen LogP contribution in [0.2, 0.25) is 0 Å². The molecule has 120 valence electrons. The highest BCUT2D eigenvalue weighted by Gasteiger charge is 2.34. The molecule has 3 N–H and O–H groups in total. The number of rotatable bonds is 4. The maximum absolute atomic E-state index is 12.9. The van der Waals surface area contributed by atoms with Crippen molar-refractivity contribution in [2.24, 2.45) is 0 Å². The number of halogens is 3. The molecule has 0 aliphatic rings. The molecule has 0 atom stereocenters. The number of hydrogen-bond donors (Lipinski definition) is 3. The summed E-state index contributed by atoms with van der Waals surface area (Å²) >= 11 is 0. The van der Waals surface area contributed by atoms with Crippen molar-refractivity contribution in [3.8, 4) is 0 Å². The second-order valence-electron chi connectivity index (χ2n) is 4.84. The highest BCUT2D eigenvalue weighted by Crippen LogP contribution is 2.31. The Morgan fingerprint density at radius 2 is 1.65 bits per heavy atom. The van der Waals surface area contributed by atoms with Gasteiger partial charge in [-0.1, -0.05) is 36.4 Å². The van der Waals surface area contributed by atoms with Gasteiger partial charge < -0.3 is 15.4 Å². The molecular formula is C15H13BF3NO3. The Morgan fingerprint density at radius 1 is 1.04 bits per heavy atom. The molecule has 4 nitrogen and oxygen atoms in total. The highest BCUT2D eigenvalue weighted by atomic mass is 19.4. The van der Waals surface area contributed by atoms with Gasteiger partial charge in [0.1, 0.15) is 0 Å². The normalized spacial score (nSPS) is 11.2. The van der Waals surface area contributed by atoms with Crippen LogP contribution in [-0.2, 0) is 12.7 Å². The topological polar surface area (TPSA) is 69.6 Å². The molecule has 0 aromatic heterocycles. The zero-order chi connectivity index (χ0) is 17.0.